The van der Waals surface area contributed by atoms with Gasteiger partial charge in [-0.1, -0.05) is 0 Å². The fraction of sp³-hybridized carbons (Fsp3) is 0.583. The van der Waals surface area contributed by atoms with Gasteiger partial charge in [0, 0.05) is 11.6 Å². The van der Waals surface area contributed by atoms with Crippen LogP contribution in [0.4, 0.5) is 5.69 Å². The third kappa shape index (κ3) is 2.76. The number of pyridine rings is 1. The van der Waals surface area contributed by atoms with Crippen LogP contribution in [0.1, 0.15) is 18.4 Å². The van der Waals surface area contributed by atoms with E-state index in [2.05, 4.69) is 10.3 Å². The number of hydrogen-bond donors (Lipinski definition) is 1. The Hall–Kier alpha value is -1.69. The maximum absolute atomic E-state index is 10.6. The number of hydrogen-bond acceptors (Lipinski definition) is 5. The minimum Gasteiger partial charge on any atom is -0.474 e. The van der Waals surface area contributed by atoms with Gasteiger partial charge < -0.3 is 10.1 Å². The van der Waals surface area contributed by atoms with Crippen molar-refractivity contribution in [2.75, 3.05) is 13.6 Å². The Morgan fingerprint density at radius 3 is 2.89 bits per heavy atom. The van der Waals surface area contributed by atoms with E-state index in [1.54, 1.807) is 6.92 Å². The molecule has 6 nitrogen and oxygen atoms in total. The molecule has 0 aromatic carbocycles. The molecule has 1 aliphatic carbocycles. The van der Waals surface area contributed by atoms with E-state index < -0.39 is 4.92 Å². The first-order chi connectivity index (χ1) is 8.60. The monoisotopic (exact) mass is 251 g/mol. The summed E-state index contributed by atoms with van der Waals surface area (Å²) >= 11 is 0. The zero-order valence-electron chi connectivity index (χ0n) is 10.5. The summed E-state index contributed by atoms with van der Waals surface area (Å²) in [7, 11) is 1.94. The molecule has 0 atom stereocenters. The van der Waals surface area contributed by atoms with Crippen LogP contribution in [-0.4, -0.2) is 29.6 Å². The minimum atomic E-state index is -0.448. The van der Waals surface area contributed by atoms with E-state index in [9.17, 15) is 10.1 Å². The van der Waals surface area contributed by atoms with Gasteiger partial charge in [-0.05, 0) is 39.3 Å². The molecular formula is C12H17N3O3. The van der Waals surface area contributed by atoms with Gasteiger partial charge in [0.15, 0.2) is 0 Å². The van der Waals surface area contributed by atoms with Gasteiger partial charge in [-0.2, -0.15) is 0 Å². The van der Waals surface area contributed by atoms with Crippen molar-refractivity contribution in [3.8, 4) is 5.88 Å². The van der Waals surface area contributed by atoms with E-state index in [1.807, 2.05) is 7.05 Å². The molecule has 0 bridgehead atoms. The fourth-order valence-electron chi connectivity index (χ4n) is 2.15. The molecule has 1 aliphatic rings. The fourth-order valence-corrected chi connectivity index (χ4v) is 2.15. The van der Waals surface area contributed by atoms with Gasteiger partial charge in [-0.15, -0.1) is 0 Å². The summed E-state index contributed by atoms with van der Waals surface area (Å²) in [5.41, 5.74) is 0.711. The topological polar surface area (TPSA) is 77.3 Å². The third-order valence-corrected chi connectivity index (χ3v) is 3.19. The lowest BCUT2D eigenvalue weighted by Gasteiger charge is -2.35. The van der Waals surface area contributed by atoms with Gasteiger partial charge in [-0.3, -0.25) is 10.1 Å². The first-order valence-electron chi connectivity index (χ1n) is 6.02. The highest BCUT2D eigenvalue weighted by Crippen LogP contribution is 2.31. The standard InChI is InChI=1S/C12H17N3O3/c1-8-3-10(15(16)17)7-14-12(8)18-11-4-9(5-11)6-13-2/h3,7,9,11,13H,4-6H2,1-2H3. The molecule has 0 amide bonds. The van der Waals surface area contributed by atoms with Crippen molar-refractivity contribution >= 4 is 5.69 Å². The lowest BCUT2D eigenvalue weighted by molar-refractivity contribution is -0.385. The molecule has 1 saturated carbocycles. The second kappa shape index (κ2) is 5.30. The smallest absolute Gasteiger partial charge is 0.288 e. The van der Waals surface area contributed by atoms with E-state index in [-0.39, 0.29) is 11.8 Å². The summed E-state index contributed by atoms with van der Waals surface area (Å²) in [6, 6.07) is 1.49. The Morgan fingerprint density at radius 2 is 2.33 bits per heavy atom. The number of rotatable bonds is 5. The highest BCUT2D eigenvalue weighted by molar-refractivity contribution is 5.36. The molecule has 0 saturated heterocycles. The summed E-state index contributed by atoms with van der Waals surface area (Å²) in [6.45, 7) is 2.78. The molecule has 98 valence electrons. The highest BCUT2D eigenvalue weighted by atomic mass is 16.6. The van der Waals surface area contributed by atoms with Gasteiger partial charge in [0.2, 0.25) is 5.88 Å². The molecule has 1 aromatic rings. The molecule has 1 N–H and O–H groups in total. The van der Waals surface area contributed by atoms with Gasteiger partial charge in [0.05, 0.1) is 4.92 Å². The van der Waals surface area contributed by atoms with Crippen molar-refractivity contribution in [3.63, 3.8) is 0 Å². The molecule has 1 aromatic heterocycles. The Bertz CT molecular complexity index is 444. The Kier molecular flexibility index (Phi) is 3.76. The minimum absolute atomic E-state index is 0.00141. The second-order valence-electron chi connectivity index (χ2n) is 4.71. The van der Waals surface area contributed by atoms with Crippen LogP contribution in [0.2, 0.25) is 0 Å². The highest BCUT2D eigenvalue weighted by Gasteiger charge is 2.30. The van der Waals surface area contributed by atoms with Gasteiger partial charge >= 0.3 is 0 Å². The van der Waals surface area contributed by atoms with Crippen LogP contribution < -0.4 is 10.1 Å². The van der Waals surface area contributed by atoms with Gasteiger partial charge in [-0.25, -0.2) is 4.98 Å². The number of aryl methyl sites for hydroxylation is 1. The SMILES string of the molecule is CNCC1CC(Oc2ncc([N+](=O)[O-])cc2C)C1. The maximum atomic E-state index is 10.6. The van der Waals surface area contributed by atoms with Crippen LogP contribution in [-0.2, 0) is 0 Å². The van der Waals surface area contributed by atoms with E-state index in [0.29, 0.717) is 17.4 Å². The van der Waals surface area contributed by atoms with E-state index >= 15 is 0 Å². The number of nitrogens with one attached hydrogen (secondary N) is 1. The molecule has 18 heavy (non-hydrogen) atoms. The molecule has 6 heteroatoms. The molecule has 2 rings (SSSR count). The molecule has 1 fully saturated rings. The van der Waals surface area contributed by atoms with Crippen molar-refractivity contribution in [1.29, 1.82) is 0 Å². The Morgan fingerprint density at radius 1 is 1.61 bits per heavy atom. The van der Waals surface area contributed by atoms with E-state index in [4.69, 9.17) is 4.74 Å². The molecule has 0 radical (unpaired) electrons. The largest absolute Gasteiger partial charge is 0.474 e. The lowest BCUT2D eigenvalue weighted by Crippen LogP contribution is -2.38. The molecule has 0 spiro atoms. The average Bonchev–Trinajstić information content (AvgIpc) is 2.28. The predicted molar refractivity (Wildman–Crippen MR) is 66.7 cm³/mol. The summed E-state index contributed by atoms with van der Waals surface area (Å²) in [5.74, 6) is 1.17. The number of ether oxygens (including phenoxy) is 1. The maximum Gasteiger partial charge on any atom is 0.288 e. The van der Waals surface area contributed by atoms with Crippen LogP contribution in [0, 0.1) is 23.0 Å². The van der Waals surface area contributed by atoms with E-state index in [0.717, 1.165) is 19.4 Å². The van der Waals surface area contributed by atoms with Gasteiger partial charge in [0.25, 0.3) is 5.69 Å². The summed E-state index contributed by atoms with van der Waals surface area (Å²) < 4.78 is 5.73. The summed E-state index contributed by atoms with van der Waals surface area (Å²) in [4.78, 5) is 14.2. The van der Waals surface area contributed by atoms with Crippen molar-refractivity contribution < 1.29 is 9.66 Å². The van der Waals surface area contributed by atoms with Crippen LogP contribution in [0.5, 0.6) is 5.88 Å². The van der Waals surface area contributed by atoms with Crippen molar-refractivity contribution in [3.05, 3.63) is 27.9 Å². The first kappa shape index (κ1) is 12.8. The van der Waals surface area contributed by atoms with Gasteiger partial charge in [0.1, 0.15) is 12.3 Å². The van der Waals surface area contributed by atoms with E-state index in [1.165, 1.54) is 12.3 Å². The number of nitro groups is 1. The van der Waals surface area contributed by atoms with Crippen molar-refractivity contribution in [2.24, 2.45) is 5.92 Å². The van der Waals surface area contributed by atoms with Crippen LogP contribution in [0.15, 0.2) is 12.3 Å². The average molecular weight is 251 g/mol. The normalized spacial score (nSPS) is 22.3. The number of nitrogens with zero attached hydrogens (tertiary/aromatic N) is 2. The lowest BCUT2D eigenvalue weighted by atomic mass is 9.82. The first-order valence-corrected chi connectivity index (χ1v) is 6.02. The summed E-state index contributed by atoms with van der Waals surface area (Å²) in [5, 5.41) is 13.7. The summed E-state index contributed by atoms with van der Waals surface area (Å²) in [6.07, 6.45) is 3.46. The zero-order chi connectivity index (χ0) is 13.1. The van der Waals surface area contributed by atoms with Crippen molar-refractivity contribution in [2.45, 2.75) is 25.9 Å². The zero-order valence-corrected chi connectivity index (χ0v) is 10.5. The predicted octanol–water partition coefficient (Wildman–Crippen LogP) is 1.68. The quantitative estimate of drug-likeness (QED) is 0.636. The molecule has 1 heterocycles. The third-order valence-electron chi connectivity index (χ3n) is 3.19. The molecule has 0 unspecified atom stereocenters. The van der Waals surface area contributed by atoms with Crippen LogP contribution >= 0.6 is 0 Å². The Balaban J connectivity index is 1.93. The second-order valence-corrected chi connectivity index (χ2v) is 4.71. The Labute approximate surface area is 106 Å². The van der Waals surface area contributed by atoms with Crippen molar-refractivity contribution in [1.82, 2.24) is 10.3 Å². The molecular weight excluding hydrogens is 234 g/mol. The molecule has 0 aliphatic heterocycles. The van der Waals surface area contributed by atoms with Crippen LogP contribution in [0.25, 0.3) is 0 Å². The van der Waals surface area contributed by atoms with Crippen LogP contribution in [0.3, 0.4) is 0 Å². The number of aromatic nitrogens is 1.